The van der Waals surface area contributed by atoms with E-state index in [1.165, 1.54) is 5.56 Å². The van der Waals surface area contributed by atoms with Crippen molar-refractivity contribution in [3.63, 3.8) is 0 Å². The molecule has 0 bridgehead atoms. The second-order valence-corrected chi connectivity index (χ2v) is 5.24. The summed E-state index contributed by atoms with van der Waals surface area (Å²) in [5.41, 5.74) is 4.23. The average molecular weight is 276 g/mol. The van der Waals surface area contributed by atoms with E-state index in [0.29, 0.717) is 6.61 Å². The lowest BCUT2D eigenvalue weighted by Crippen LogP contribution is -2.22. The molecule has 0 saturated carbocycles. The smallest absolute Gasteiger partial charge is 0.119 e. The largest absolute Gasteiger partial charge is 0.494 e. The van der Waals surface area contributed by atoms with Gasteiger partial charge in [-0.25, -0.2) is 4.98 Å². The van der Waals surface area contributed by atoms with Crippen molar-refractivity contribution in [2.45, 2.75) is 32.9 Å². The number of rotatable bonds is 6. The van der Waals surface area contributed by atoms with Crippen LogP contribution in [-0.2, 0) is 0 Å². The van der Waals surface area contributed by atoms with Gasteiger partial charge in [0.15, 0.2) is 0 Å². The maximum absolute atomic E-state index is 5.45. The number of nitrogens with zero attached hydrogens (tertiary/aromatic N) is 1. The average Bonchev–Trinajstić information content (AvgIpc) is 2.94. The highest BCUT2D eigenvalue weighted by molar-refractivity contribution is 7.07. The molecular formula is C15H20N2OS. The highest BCUT2D eigenvalue weighted by atomic mass is 32.1. The minimum absolute atomic E-state index is 0.257. The molecular weight excluding hydrogens is 256 g/mol. The fraction of sp³-hybridized carbons (Fsp3) is 0.400. The molecule has 1 aromatic carbocycles. The molecule has 2 unspecified atom stereocenters. The molecule has 0 spiro atoms. The summed E-state index contributed by atoms with van der Waals surface area (Å²) >= 11 is 1.63. The number of aromatic nitrogens is 1. The molecule has 1 N–H and O–H groups in total. The number of hydrogen-bond donors (Lipinski definition) is 1. The molecule has 1 aromatic heterocycles. The first-order chi connectivity index (χ1) is 9.20. The molecule has 0 saturated heterocycles. The number of benzene rings is 1. The molecule has 0 aliphatic heterocycles. The summed E-state index contributed by atoms with van der Waals surface area (Å²) in [5.74, 6) is 0.922. The van der Waals surface area contributed by atoms with Gasteiger partial charge in [0.1, 0.15) is 5.75 Å². The Kier molecular flexibility index (Phi) is 4.93. The summed E-state index contributed by atoms with van der Waals surface area (Å²) < 4.78 is 5.45. The zero-order valence-corrected chi connectivity index (χ0v) is 12.4. The van der Waals surface area contributed by atoms with Crippen molar-refractivity contribution in [3.8, 4) is 5.75 Å². The molecule has 0 amide bonds. The van der Waals surface area contributed by atoms with Gasteiger partial charge in [-0.15, -0.1) is 11.3 Å². The van der Waals surface area contributed by atoms with Gasteiger partial charge in [0.05, 0.1) is 17.8 Å². The third-order valence-corrected chi connectivity index (χ3v) is 3.69. The SMILES string of the molecule is CCOc1ccc(C(C)NC(C)c2cscn2)cc1. The van der Waals surface area contributed by atoms with Gasteiger partial charge in [-0.05, 0) is 38.5 Å². The topological polar surface area (TPSA) is 34.1 Å². The van der Waals surface area contributed by atoms with Crippen LogP contribution in [-0.4, -0.2) is 11.6 Å². The number of hydrogen-bond acceptors (Lipinski definition) is 4. The van der Waals surface area contributed by atoms with Crippen LogP contribution in [0.15, 0.2) is 35.2 Å². The van der Waals surface area contributed by atoms with Crippen LogP contribution in [0.1, 0.15) is 44.1 Å². The third kappa shape index (κ3) is 3.78. The zero-order valence-electron chi connectivity index (χ0n) is 11.6. The number of ether oxygens (including phenoxy) is 1. The van der Waals surface area contributed by atoms with Crippen LogP contribution in [0.4, 0.5) is 0 Å². The lowest BCUT2D eigenvalue weighted by Gasteiger charge is -2.19. The van der Waals surface area contributed by atoms with Crippen LogP contribution in [0.5, 0.6) is 5.75 Å². The Morgan fingerprint density at radius 2 is 1.95 bits per heavy atom. The molecule has 19 heavy (non-hydrogen) atoms. The van der Waals surface area contributed by atoms with Crippen LogP contribution >= 0.6 is 11.3 Å². The summed E-state index contributed by atoms with van der Waals surface area (Å²) in [5, 5.41) is 5.64. The van der Waals surface area contributed by atoms with Crippen LogP contribution in [0.25, 0.3) is 0 Å². The van der Waals surface area contributed by atoms with Crippen LogP contribution < -0.4 is 10.1 Å². The maximum Gasteiger partial charge on any atom is 0.119 e. The second kappa shape index (κ2) is 6.68. The van der Waals surface area contributed by atoms with E-state index in [0.717, 1.165) is 11.4 Å². The summed E-state index contributed by atoms with van der Waals surface area (Å²) in [4.78, 5) is 4.34. The minimum Gasteiger partial charge on any atom is -0.494 e. The monoisotopic (exact) mass is 276 g/mol. The number of nitrogens with one attached hydrogen (secondary N) is 1. The first kappa shape index (κ1) is 14.0. The molecule has 102 valence electrons. The van der Waals surface area contributed by atoms with E-state index in [1.54, 1.807) is 11.3 Å². The lowest BCUT2D eigenvalue weighted by molar-refractivity contribution is 0.340. The Hall–Kier alpha value is -1.39. The van der Waals surface area contributed by atoms with E-state index in [-0.39, 0.29) is 12.1 Å². The first-order valence-corrected chi connectivity index (χ1v) is 7.52. The zero-order chi connectivity index (χ0) is 13.7. The molecule has 2 aromatic rings. The fourth-order valence-electron chi connectivity index (χ4n) is 2.01. The molecule has 3 nitrogen and oxygen atoms in total. The van der Waals surface area contributed by atoms with Gasteiger partial charge in [0.25, 0.3) is 0 Å². The van der Waals surface area contributed by atoms with Crippen molar-refractivity contribution in [1.82, 2.24) is 10.3 Å². The molecule has 0 aliphatic rings. The van der Waals surface area contributed by atoms with Crippen molar-refractivity contribution in [2.24, 2.45) is 0 Å². The fourth-order valence-corrected chi connectivity index (χ4v) is 2.66. The van der Waals surface area contributed by atoms with E-state index < -0.39 is 0 Å². The van der Waals surface area contributed by atoms with E-state index in [1.807, 2.05) is 24.6 Å². The Morgan fingerprint density at radius 1 is 1.21 bits per heavy atom. The number of thiazole rings is 1. The van der Waals surface area contributed by atoms with Gasteiger partial charge in [-0.2, -0.15) is 0 Å². The molecule has 1 heterocycles. The van der Waals surface area contributed by atoms with Gasteiger partial charge in [0, 0.05) is 17.5 Å². The van der Waals surface area contributed by atoms with Crippen molar-refractivity contribution < 1.29 is 4.74 Å². The van der Waals surface area contributed by atoms with E-state index in [2.05, 4.69) is 41.7 Å². The van der Waals surface area contributed by atoms with Crippen molar-refractivity contribution in [1.29, 1.82) is 0 Å². The molecule has 4 heteroatoms. The molecule has 0 fully saturated rings. The second-order valence-electron chi connectivity index (χ2n) is 4.53. The van der Waals surface area contributed by atoms with Gasteiger partial charge in [-0.3, -0.25) is 0 Å². The minimum atomic E-state index is 0.257. The van der Waals surface area contributed by atoms with Crippen molar-refractivity contribution in [3.05, 3.63) is 46.4 Å². The maximum atomic E-state index is 5.45. The first-order valence-electron chi connectivity index (χ1n) is 6.57. The van der Waals surface area contributed by atoms with Crippen molar-refractivity contribution in [2.75, 3.05) is 6.61 Å². The molecule has 2 rings (SSSR count). The summed E-state index contributed by atoms with van der Waals surface area (Å²) in [7, 11) is 0. The lowest BCUT2D eigenvalue weighted by atomic mass is 10.1. The van der Waals surface area contributed by atoms with E-state index in [9.17, 15) is 0 Å². The molecule has 0 aliphatic carbocycles. The van der Waals surface area contributed by atoms with E-state index >= 15 is 0 Å². The highest BCUT2D eigenvalue weighted by Crippen LogP contribution is 2.21. The van der Waals surface area contributed by atoms with Gasteiger partial charge in [-0.1, -0.05) is 12.1 Å². The van der Waals surface area contributed by atoms with Gasteiger partial charge >= 0.3 is 0 Å². The quantitative estimate of drug-likeness (QED) is 0.867. The van der Waals surface area contributed by atoms with Gasteiger partial charge < -0.3 is 10.1 Å². The Balaban J connectivity index is 1.97. The Morgan fingerprint density at radius 3 is 2.53 bits per heavy atom. The Labute approximate surface area is 118 Å². The third-order valence-electron chi connectivity index (χ3n) is 3.09. The predicted octanol–water partition coefficient (Wildman–Crippen LogP) is 3.95. The molecule has 2 atom stereocenters. The summed E-state index contributed by atoms with van der Waals surface area (Å²) in [6, 6.07) is 8.79. The van der Waals surface area contributed by atoms with Crippen LogP contribution in [0, 0.1) is 0 Å². The normalized spacial score (nSPS) is 14.1. The predicted molar refractivity (Wildman–Crippen MR) is 79.7 cm³/mol. The highest BCUT2D eigenvalue weighted by Gasteiger charge is 2.12. The summed E-state index contributed by atoms with van der Waals surface area (Å²) in [6.07, 6.45) is 0. The van der Waals surface area contributed by atoms with Gasteiger partial charge in [0.2, 0.25) is 0 Å². The van der Waals surface area contributed by atoms with Crippen LogP contribution in [0.2, 0.25) is 0 Å². The summed E-state index contributed by atoms with van der Waals surface area (Å²) in [6.45, 7) is 7.00. The van der Waals surface area contributed by atoms with Crippen LogP contribution in [0.3, 0.4) is 0 Å². The van der Waals surface area contributed by atoms with E-state index in [4.69, 9.17) is 4.74 Å². The molecule has 0 radical (unpaired) electrons. The Bertz CT molecular complexity index is 481. The van der Waals surface area contributed by atoms with Crippen molar-refractivity contribution >= 4 is 11.3 Å². The standard InChI is InChI=1S/C15H20N2OS/c1-4-18-14-7-5-13(6-8-14)11(2)17-12(3)15-9-19-10-16-15/h5-12,17H,4H2,1-3H3.